The van der Waals surface area contributed by atoms with Gasteiger partial charge in [0, 0.05) is 4.47 Å². The Kier molecular flexibility index (Phi) is 7.18. The quantitative estimate of drug-likeness (QED) is 0.610. The molecule has 0 aromatic heterocycles. The second-order valence-corrected chi connectivity index (χ2v) is 6.88. The summed E-state index contributed by atoms with van der Waals surface area (Å²) in [4.78, 5) is 24.1. The average molecular weight is 465 g/mol. The summed E-state index contributed by atoms with van der Waals surface area (Å²) in [5, 5.41) is 0. The van der Waals surface area contributed by atoms with E-state index in [2.05, 4.69) is 26.8 Å². The molecule has 0 atom stereocenters. The van der Waals surface area contributed by atoms with Crippen LogP contribution in [0.1, 0.15) is 12.5 Å². The number of rotatable bonds is 7. The lowest BCUT2D eigenvalue weighted by atomic mass is 10.1. The van der Waals surface area contributed by atoms with E-state index in [0.29, 0.717) is 48.4 Å². The SMILES string of the molecule is CCOc1ccccc1OCC(=O)NNC(=O)Cc1cc2c(cc1Br)OCCO2. The van der Waals surface area contributed by atoms with Gasteiger partial charge in [-0.05, 0) is 36.8 Å². The highest BCUT2D eigenvalue weighted by Gasteiger charge is 2.17. The van der Waals surface area contributed by atoms with E-state index in [1.54, 1.807) is 30.3 Å². The molecule has 29 heavy (non-hydrogen) atoms. The van der Waals surface area contributed by atoms with Gasteiger partial charge in [-0.2, -0.15) is 0 Å². The number of nitrogens with one attached hydrogen (secondary N) is 2. The van der Waals surface area contributed by atoms with Crippen LogP contribution in [0.5, 0.6) is 23.0 Å². The van der Waals surface area contributed by atoms with Gasteiger partial charge < -0.3 is 18.9 Å². The van der Waals surface area contributed by atoms with E-state index < -0.39 is 5.91 Å². The Morgan fingerprint density at radius 1 is 1.00 bits per heavy atom. The molecule has 0 bridgehead atoms. The average Bonchev–Trinajstić information content (AvgIpc) is 2.72. The molecule has 0 saturated carbocycles. The number of amides is 2. The van der Waals surface area contributed by atoms with Gasteiger partial charge in [0.15, 0.2) is 29.6 Å². The molecule has 9 heteroatoms. The van der Waals surface area contributed by atoms with Gasteiger partial charge in [-0.3, -0.25) is 20.4 Å². The first-order chi connectivity index (χ1) is 14.1. The largest absolute Gasteiger partial charge is 0.490 e. The third-order valence-corrected chi connectivity index (χ3v) is 4.65. The van der Waals surface area contributed by atoms with E-state index in [0.717, 1.165) is 4.47 Å². The zero-order chi connectivity index (χ0) is 20.6. The third kappa shape index (κ3) is 5.77. The molecular weight excluding hydrogens is 444 g/mol. The number of fused-ring (bicyclic) bond motifs is 1. The molecule has 0 fully saturated rings. The monoisotopic (exact) mass is 464 g/mol. The number of ether oxygens (including phenoxy) is 4. The molecule has 2 aromatic carbocycles. The highest BCUT2D eigenvalue weighted by Crippen LogP contribution is 2.35. The van der Waals surface area contributed by atoms with Gasteiger partial charge in [0.05, 0.1) is 13.0 Å². The molecule has 8 nitrogen and oxygen atoms in total. The van der Waals surface area contributed by atoms with Crippen LogP contribution in [0, 0.1) is 0 Å². The Morgan fingerprint density at radius 3 is 2.31 bits per heavy atom. The van der Waals surface area contributed by atoms with Crippen molar-refractivity contribution in [2.75, 3.05) is 26.4 Å². The van der Waals surface area contributed by atoms with E-state index in [-0.39, 0.29) is 18.9 Å². The van der Waals surface area contributed by atoms with E-state index in [4.69, 9.17) is 18.9 Å². The Balaban J connectivity index is 1.48. The van der Waals surface area contributed by atoms with Gasteiger partial charge in [-0.25, -0.2) is 0 Å². The third-order valence-electron chi connectivity index (χ3n) is 3.91. The first-order valence-corrected chi connectivity index (χ1v) is 9.86. The van der Waals surface area contributed by atoms with Crippen LogP contribution in [-0.4, -0.2) is 38.2 Å². The minimum absolute atomic E-state index is 0.0472. The standard InChI is InChI=1S/C20H21BrN2O6/c1-2-26-15-5-3-4-6-16(15)29-12-20(25)23-22-19(24)10-13-9-17-18(11-14(13)21)28-8-7-27-17/h3-6,9,11H,2,7-8,10,12H2,1H3,(H,22,24)(H,23,25). The van der Waals surface area contributed by atoms with Crippen molar-refractivity contribution in [3.05, 3.63) is 46.4 Å². The van der Waals surface area contributed by atoms with Gasteiger partial charge in [-0.15, -0.1) is 0 Å². The number of hydrogen-bond acceptors (Lipinski definition) is 6. The summed E-state index contributed by atoms with van der Waals surface area (Å²) in [6.45, 7) is 3.03. The topological polar surface area (TPSA) is 95.1 Å². The first-order valence-electron chi connectivity index (χ1n) is 9.07. The zero-order valence-corrected chi connectivity index (χ0v) is 17.4. The summed E-state index contributed by atoms with van der Waals surface area (Å²) in [5.74, 6) is 1.35. The lowest BCUT2D eigenvalue weighted by molar-refractivity contribution is -0.129. The number of benzene rings is 2. The molecule has 0 aliphatic carbocycles. The summed E-state index contributed by atoms with van der Waals surface area (Å²) in [6, 6.07) is 10.6. The van der Waals surface area contributed by atoms with Gasteiger partial charge >= 0.3 is 0 Å². The van der Waals surface area contributed by atoms with E-state index >= 15 is 0 Å². The Bertz CT molecular complexity index is 889. The maximum Gasteiger partial charge on any atom is 0.276 e. The highest BCUT2D eigenvalue weighted by molar-refractivity contribution is 9.10. The lowest BCUT2D eigenvalue weighted by Gasteiger charge is -2.19. The predicted molar refractivity (Wildman–Crippen MR) is 108 cm³/mol. The van der Waals surface area contributed by atoms with Crippen LogP contribution in [0.2, 0.25) is 0 Å². The Hall–Kier alpha value is -2.94. The summed E-state index contributed by atoms with van der Waals surface area (Å²) in [5.41, 5.74) is 5.41. The van der Waals surface area contributed by atoms with Crippen molar-refractivity contribution in [2.24, 2.45) is 0 Å². The second-order valence-electron chi connectivity index (χ2n) is 6.03. The number of carbonyl (C=O) groups excluding carboxylic acids is 2. The van der Waals surface area contributed by atoms with Crippen LogP contribution in [0.15, 0.2) is 40.9 Å². The van der Waals surface area contributed by atoms with Gasteiger partial charge in [0.2, 0.25) is 5.91 Å². The Morgan fingerprint density at radius 2 is 1.62 bits per heavy atom. The minimum atomic E-state index is -0.495. The molecule has 3 rings (SSSR count). The molecule has 1 aliphatic heterocycles. The van der Waals surface area contributed by atoms with Crippen LogP contribution in [-0.2, 0) is 16.0 Å². The molecular formula is C20H21BrN2O6. The van der Waals surface area contributed by atoms with Crippen molar-refractivity contribution in [3.63, 3.8) is 0 Å². The number of para-hydroxylation sites is 2. The highest BCUT2D eigenvalue weighted by atomic mass is 79.9. The smallest absolute Gasteiger partial charge is 0.276 e. The first kappa shape index (κ1) is 20.8. The summed E-state index contributed by atoms with van der Waals surface area (Å²) in [6.07, 6.45) is 0.0472. The molecule has 0 unspecified atom stereocenters. The number of carbonyl (C=O) groups is 2. The molecule has 1 heterocycles. The van der Waals surface area contributed by atoms with Crippen LogP contribution in [0.25, 0.3) is 0 Å². The van der Waals surface area contributed by atoms with Crippen molar-refractivity contribution in [2.45, 2.75) is 13.3 Å². The van der Waals surface area contributed by atoms with Crippen molar-refractivity contribution < 1.29 is 28.5 Å². The second kappa shape index (κ2) is 10.0. The molecule has 2 aromatic rings. The van der Waals surface area contributed by atoms with Crippen molar-refractivity contribution in [1.29, 1.82) is 0 Å². The fourth-order valence-electron chi connectivity index (χ4n) is 2.62. The molecule has 0 spiro atoms. The van der Waals surface area contributed by atoms with Gasteiger partial charge in [0.1, 0.15) is 13.2 Å². The van der Waals surface area contributed by atoms with Crippen LogP contribution >= 0.6 is 15.9 Å². The van der Waals surface area contributed by atoms with Crippen LogP contribution < -0.4 is 29.8 Å². The Labute approximate surface area is 176 Å². The molecule has 0 saturated heterocycles. The predicted octanol–water partition coefficient (Wildman–Crippen LogP) is 2.39. The van der Waals surface area contributed by atoms with Crippen LogP contribution in [0.3, 0.4) is 0 Å². The zero-order valence-electron chi connectivity index (χ0n) is 15.8. The van der Waals surface area contributed by atoms with Crippen molar-refractivity contribution >= 4 is 27.7 Å². The molecule has 2 amide bonds. The fourth-order valence-corrected chi connectivity index (χ4v) is 3.08. The normalized spacial score (nSPS) is 12.1. The van der Waals surface area contributed by atoms with Gasteiger partial charge in [-0.1, -0.05) is 28.1 Å². The van der Waals surface area contributed by atoms with Gasteiger partial charge in [0.25, 0.3) is 5.91 Å². The minimum Gasteiger partial charge on any atom is -0.490 e. The number of hydrogen-bond donors (Lipinski definition) is 2. The lowest BCUT2D eigenvalue weighted by Crippen LogP contribution is -2.44. The van der Waals surface area contributed by atoms with E-state index in [1.807, 2.05) is 13.0 Å². The maximum atomic E-state index is 12.2. The summed E-state index contributed by atoms with van der Waals surface area (Å²) >= 11 is 3.42. The van der Waals surface area contributed by atoms with E-state index in [9.17, 15) is 9.59 Å². The van der Waals surface area contributed by atoms with Crippen molar-refractivity contribution in [3.8, 4) is 23.0 Å². The fraction of sp³-hybridized carbons (Fsp3) is 0.300. The molecule has 2 N–H and O–H groups in total. The summed E-state index contributed by atoms with van der Waals surface area (Å²) in [7, 11) is 0. The number of hydrazine groups is 1. The molecule has 0 radical (unpaired) electrons. The van der Waals surface area contributed by atoms with Crippen molar-refractivity contribution in [1.82, 2.24) is 10.9 Å². The molecule has 1 aliphatic rings. The molecule has 154 valence electrons. The van der Waals surface area contributed by atoms with E-state index in [1.165, 1.54) is 0 Å². The van der Waals surface area contributed by atoms with Crippen LogP contribution in [0.4, 0.5) is 0 Å². The maximum absolute atomic E-state index is 12.2. The number of halogens is 1. The summed E-state index contributed by atoms with van der Waals surface area (Å²) < 4.78 is 22.6.